The molecule has 0 fully saturated rings. The maximum Gasteiger partial charge on any atom is 0.473 e. The molecule has 0 radical (unpaired) electrons. The molecule has 2 nitrogen and oxygen atoms in total. The van der Waals surface area contributed by atoms with Crippen molar-refractivity contribution in [2.24, 2.45) is 0 Å². The maximum absolute atomic E-state index is 13.6. The van der Waals surface area contributed by atoms with Crippen LogP contribution in [0.3, 0.4) is 0 Å². The first-order valence-electron chi connectivity index (χ1n) is 8.64. The first kappa shape index (κ1) is 33.0. The van der Waals surface area contributed by atoms with Crippen LogP contribution in [0.2, 0.25) is 0 Å². The third-order valence-corrected chi connectivity index (χ3v) is 4.17. The summed E-state index contributed by atoms with van der Waals surface area (Å²) in [5, 5.41) is 0. The van der Waals surface area contributed by atoms with Crippen molar-refractivity contribution in [2.45, 2.75) is 80.4 Å². The molecule has 35 heavy (non-hydrogen) atoms. The van der Waals surface area contributed by atoms with Crippen molar-refractivity contribution < 1.29 is 84.2 Å². The molecule has 0 saturated carbocycles. The lowest BCUT2D eigenvalue weighted by molar-refractivity contribution is -0.460. The number of rotatable bonds is 12. The number of carbonyl (C=O) groups is 1. The third-order valence-electron chi connectivity index (χ3n) is 4.17. The lowest BCUT2D eigenvalue weighted by Gasteiger charge is -2.42. The fourth-order valence-corrected chi connectivity index (χ4v) is 2.10. The Morgan fingerprint density at radius 3 is 1.31 bits per heavy atom. The van der Waals surface area contributed by atoms with E-state index in [2.05, 4.69) is 11.3 Å². The minimum Gasteiger partial charge on any atom is -0.393 e. The van der Waals surface area contributed by atoms with E-state index < -0.39 is 85.0 Å². The van der Waals surface area contributed by atoms with Crippen LogP contribution in [0.5, 0.6) is 0 Å². The summed E-state index contributed by atoms with van der Waals surface area (Å²) in [5.41, 5.74) is -1.24. The normalized spacial score (nSPS) is 15.3. The van der Waals surface area contributed by atoms with Crippen LogP contribution >= 0.6 is 0 Å². The summed E-state index contributed by atoms with van der Waals surface area (Å²) in [6.07, 6.45) is -20.0. The van der Waals surface area contributed by atoms with Crippen LogP contribution in [-0.4, -0.2) is 53.8 Å². The van der Waals surface area contributed by atoms with Gasteiger partial charge in [-0.05, 0) is 19.8 Å². The number of hydrogen-bond acceptors (Lipinski definition) is 2. The highest BCUT2D eigenvalue weighted by Crippen LogP contribution is 2.62. The minimum absolute atomic E-state index is 0.439. The summed E-state index contributed by atoms with van der Waals surface area (Å²) < 4.78 is 228. The Bertz CT molecular complexity index is 781. The van der Waals surface area contributed by atoms with Crippen LogP contribution in [0.4, 0.5) is 74.6 Å². The van der Waals surface area contributed by atoms with Gasteiger partial charge in [0.05, 0.1) is 0 Å². The predicted octanol–water partition coefficient (Wildman–Crippen LogP) is 7.63. The summed E-state index contributed by atoms with van der Waals surface area (Å²) in [5.74, 6) is -49.7. The van der Waals surface area contributed by atoms with Gasteiger partial charge in [0.2, 0.25) is 0 Å². The molecule has 0 amide bonds. The van der Waals surface area contributed by atoms with Gasteiger partial charge >= 0.3 is 53.8 Å². The third kappa shape index (κ3) is 5.89. The van der Waals surface area contributed by atoms with Gasteiger partial charge in [-0.2, -0.15) is 74.6 Å². The van der Waals surface area contributed by atoms with Crippen LogP contribution in [0.1, 0.15) is 32.6 Å². The number of ether oxygens (including phenoxy) is 1. The van der Waals surface area contributed by atoms with Crippen LogP contribution in [0, 0.1) is 0 Å². The van der Waals surface area contributed by atoms with E-state index in [4.69, 9.17) is 0 Å². The molecule has 0 unspecified atom stereocenters. The second kappa shape index (κ2) is 9.48. The molecule has 0 rings (SSSR count). The van der Waals surface area contributed by atoms with Gasteiger partial charge in [0, 0.05) is 18.4 Å². The molecule has 0 aromatic carbocycles. The molecule has 208 valence electrons. The second-order valence-corrected chi connectivity index (χ2v) is 7.09. The van der Waals surface area contributed by atoms with Crippen molar-refractivity contribution in [1.29, 1.82) is 0 Å². The highest BCUT2D eigenvalue weighted by molar-refractivity contribution is 5.87. The van der Waals surface area contributed by atoms with E-state index in [-0.39, 0.29) is 0 Å². The fourth-order valence-electron chi connectivity index (χ4n) is 2.10. The van der Waals surface area contributed by atoms with E-state index in [1.807, 2.05) is 0 Å². The highest BCUT2D eigenvalue weighted by Gasteiger charge is 2.93. The van der Waals surface area contributed by atoms with Gasteiger partial charge in [-0.3, -0.25) is 0 Å². The molecular weight excluding hydrogens is 547 g/mol. The molecule has 0 aliphatic carbocycles. The van der Waals surface area contributed by atoms with Gasteiger partial charge in [0.15, 0.2) is 0 Å². The standard InChI is InChI=1S/C16H13F17O2/c1-7(2)8(34)35-16(32,33)15(30,31)14(28,29)13(26,27)12(24,25)11(22,23)9(17,18)5-3-4-6-10(19,20)21/h1,3-6H2,2H3. The topological polar surface area (TPSA) is 26.3 Å². The molecule has 0 aliphatic heterocycles. The first-order chi connectivity index (χ1) is 15.0. The molecule has 0 aliphatic rings. The van der Waals surface area contributed by atoms with Crippen molar-refractivity contribution in [1.82, 2.24) is 0 Å². The smallest absolute Gasteiger partial charge is 0.393 e. The largest absolute Gasteiger partial charge is 0.473 e. The number of alkyl halides is 17. The van der Waals surface area contributed by atoms with Crippen molar-refractivity contribution in [3.8, 4) is 0 Å². The number of hydrogen-bond donors (Lipinski definition) is 0. The molecule has 0 atom stereocenters. The van der Waals surface area contributed by atoms with E-state index in [0.29, 0.717) is 6.92 Å². The van der Waals surface area contributed by atoms with Crippen LogP contribution in [0.15, 0.2) is 12.2 Å². The van der Waals surface area contributed by atoms with Gasteiger partial charge in [-0.25, -0.2) is 4.79 Å². The Labute approximate surface area is 184 Å². The maximum atomic E-state index is 13.6. The average molecular weight is 560 g/mol. The van der Waals surface area contributed by atoms with Crippen molar-refractivity contribution in [3.63, 3.8) is 0 Å². The van der Waals surface area contributed by atoms with Gasteiger partial charge in [0.25, 0.3) is 0 Å². The van der Waals surface area contributed by atoms with E-state index in [1.165, 1.54) is 0 Å². The van der Waals surface area contributed by atoms with Crippen LogP contribution in [-0.2, 0) is 9.53 Å². The van der Waals surface area contributed by atoms with Gasteiger partial charge in [0.1, 0.15) is 0 Å². The Hall–Kier alpha value is -1.98. The Balaban J connectivity index is 6.25. The highest BCUT2D eigenvalue weighted by atomic mass is 19.4. The minimum atomic E-state index is -8.39. The van der Waals surface area contributed by atoms with Gasteiger partial charge in [-0.15, -0.1) is 0 Å². The molecule has 0 heterocycles. The van der Waals surface area contributed by atoms with Crippen molar-refractivity contribution in [2.75, 3.05) is 0 Å². The SMILES string of the molecule is C=C(C)C(=O)OC(F)(F)C(F)(F)C(F)(F)C(F)(F)C(F)(F)C(F)(F)C(F)(F)CCCCC(F)(F)F. The molecule has 0 aromatic rings. The zero-order valence-corrected chi connectivity index (χ0v) is 16.8. The van der Waals surface area contributed by atoms with Crippen LogP contribution < -0.4 is 0 Å². The number of esters is 1. The fraction of sp³-hybridized carbons (Fsp3) is 0.812. The molecule has 0 spiro atoms. The number of halogens is 17. The second-order valence-electron chi connectivity index (χ2n) is 7.09. The summed E-state index contributed by atoms with van der Waals surface area (Å²) in [7, 11) is 0. The van der Waals surface area contributed by atoms with Gasteiger partial charge < -0.3 is 4.74 Å². The monoisotopic (exact) mass is 560 g/mol. The predicted molar refractivity (Wildman–Crippen MR) is 80.1 cm³/mol. The zero-order valence-electron chi connectivity index (χ0n) is 16.8. The Morgan fingerprint density at radius 2 is 0.943 bits per heavy atom. The van der Waals surface area contributed by atoms with Crippen molar-refractivity contribution >= 4 is 5.97 Å². The molecular formula is C16H13F17O2. The van der Waals surface area contributed by atoms with E-state index >= 15 is 0 Å². The summed E-state index contributed by atoms with van der Waals surface area (Å²) in [6.45, 7) is 2.96. The molecule has 0 saturated heterocycles. The molecule has 0 bridgehead atoms. The van der Waals surface area contributed by atoms with Crippen molar-refractivity contribution in [3.05, 3.63) is 12.2 Å². The Kier molecular flexibility index (Phi) is 8.94. The lowest BCUT2D eigenvalue weighted by Crippen LogP contribution is -2.73. The summed E-state index contributed by atoms with van der Waals surface area (Å²) in [4.78, 5) is 10.9. The van der Waals surface area contributed by atoms with E-state index in [9.17, 15) is 79.4 Å². The molecule has 0 N–H and O–H groups in total. The number of carbonyl (C=O) groups excluding carboxylic acids is 1. The molecule has 19 heteroatoms. The van der Waals surface area contributed by atoms with E-state index in [1.54, 1.807) is 0 Å². The molecule has 0 aromatic heterocycles. The zero-order chi connectivity index (χ0) is 28.7. The summed E-state index contributed by atoms with van der Waals surface area (Å²) in [6, 6.07) is 0. The average Bonchev–Trinajstić information content (AvgIpc) is 2.63. The lowest BCUT2D eigenvalue weighted by atomic mass is 9.89. The Morgan fingerprint density at radius 1 is 0.600 bits per heavy atom. The van der Waals surface area contributed by atoms with E-state index in [0.717, 1.165) is 0 Å². The first-order valence-corrected chi connectivity index (χ1v) is 8.64. The van der Waals surface area contributed by atoms with Crippen LogP contribution in [0.25, 0.3) is 0 Å². The number of unbranched alkanes of at least 4 members (excludes halogenated alkanes) is 1. The summed E-state index contributed by atoms with van der Waals surface area (Å²) >= 11 is 0. The van der Waals surface area contributed by atoms with Gasteiger partial charge in [-0.1, -0.05) is 6.58 Å². The quantitative estimate of drug-likeness (QED) is 0.106.